The quantitative estimate of drug-likeness (QED) is 0.397. The Bertz CT molecular complexity index is 499. The number of benzene rings is 1. The summed E-state index contributed by atoms with van der Waals surface area (Å²) in [5, 5.41) is 16.6. The molecule has 0 atom stereocenters. The third kappa shape index (κ3) is 6.25. The SMILES string of the molecule is COCCNCCNC(=O)c1ccc(OC)c([N+](=O)[O-])c1.Cl. The maximum absolute atomic E-state index is 11.9. The van der Waals surface area contributed by atoms with Crippen molar-refractivity contribution in [1.29, 1.82) is 0 Å². The van der Waals surface area contributed by atoms with Crippen LogP contribution in [0.3, 0.4) is 0 Å². The van der Waals surface area contributed by atoms with Gasteiger partial charge in [0, 0.05) is 38.4 Å². The third-order valence-electron chi connectivity index (χ3n) is 2.71. The number of carbonyl (C=O) groups excluding carboxylic acids is 1. The molecule has 0 bridgehead atoms. The van der Waals surface area contributed by atoms with Crippen LogP contribution in [0.1, 0.15) is 10.4 Å². The predicted octanol–water partition coefficient (Wildman–Crippen LogP) is 0.991. The predicted molar refractivity (Wildman–Crippen MR) is 84.0 cm³/mol. The molecule has 0 heterocycles. The first kappa shape index (κ1) is 20.1. The van der Waals surface area contributed by atoms with Crippen molar-refractivity contribution in [1.82, 2.24) is 10.6 Å². The Hall–Kier alpha value is -1.90. The van der Waals surface area contributed by atoms with Gasteiger partial charge in [0.1, 0.15) is 0 Å². The standard InChI is InChI=1S/C13H19N3O5.ClH/c1-20-8-7-14-5-6-15-13(17)10-3-4-12(21-2)11(9-10)16(18)19;/h3-4,9,14H,5-8H2,1-2H3,(H,15,17);1H. The van der Waals surface area contributed by atoms with Crippen LogP contribution in [-0.4, -0.2) is 51.3 Å². The Labute approximate surface area is 134 Å². The minimum atomic E-state index is -0.581. The van der Waals surface area contributed by atoms with Gasteiger partial charge in [0.05, 0.1) is 18.6 Å². The molecular formula is C13H20ClN3O5. The van der Waals surface area contributed by atoms with Crippen molar-refractivity contribution in [3.8, 4) is 5.75 Å². The zero-order valence-electron chi connectivity index (χ0n) is 12.5. The van der Waals surface area contributed by atoms with E-state index in [0.29, 0.717) is 26.2 Å². The van der Waals surface area contributed by atoms with Crippen LogP contribution in [0.25, 0.3) is 0 Å². The van der Waals surface area contributed by atoms with E-state index in [0.717, 1.165) is 0 Å². The second-order valence-corrected chi connectivity index (χ2v) is 4.14. The van der Waals surface area contributed by atoms with E-state index in [1.165, 1.54) is 25.3 Å². The lowest BCUT2D eigenvalue weighted by atomic mass is 10.1. The molecule has 1 aromatic rings. The molecule has 9 heteroatoms. The fourth-order valence-electron chi connectivity index (χ4n) is 1.64. The minimum Gasteiger partial charge on any atom is -0.490 e. The van der Waals surface area contributed by atoms with Gasteiger partial charge in [-0.25, -0.2) is 0 Å². The lowest BCUT2D eigenvalue weighted by Gasteiger charge is -2.07. The first-order valence-electron chi connectivity index (χ1n) is 6.40. The van der Waals surface area contributed by atoms with Crippen molar-refractivity contribution < 1.29 is 19.2 Å². The Morgan fingerprint density at radius 2 is 2.00 bits per heavy atom. The van der Waals surface area contributed by atoms with Gasteiger partial charge in [0.15, 0.2) is 5.75 Å². The van der Waals surface area contributed by atoms with Crippen molar-refractivity contribution >= 4 is 24.0 Å². The van der Waals surface area contributed by atoms with Crippen LogP contribution in [0.5, 0.6) is 5.75 Å². The largest absolute Gasteiger partial charge is 0.490 e. The molecule has 0 fully saturated rings. The molecule has 0 saturated heterocycles. The molecule has 0 unspecified atom stereocenters. The molecule has 1 rings (SSSR count). The Balaban J connectivity index is 0.00000441. The molecular weight excluding hydrogens is 314 g/mol. The van der Waals surface area contributed by atoms with E-state index in [-0.39, 0.29) is 35.3 Å². The number of hydrogen-bond acceptors (Lipinski definition) is 6. The van der Waals surface area contributed by atoms with E-state index in [2.05, 4.69) is 10.6 Å². The van der Waals surface area contributed by atoms with Crippen LogP contribution < -0.4 is 15.4 Å². The molecule has 0 spiro atoms. The average molecular weight is 334 g/mol. The lowest BCUT2D eigenvalue weighted by Crippen LogP contribution is -2.33. The van der Waals surface area contributed by atoms with Gasteiger partial charge in [-0.05, 0) is 12.1 Å². The molecule has 22 heavy (non-hydrogen) atoms. The first-order chi connectivity index (χ1) is 10.1. The third-order valence-corrected chi connectivity index (χ3v) is 2.71. The lowest BCUT2D eigenvalue weighted by molar-refractivity contribution is -0.385. The van der Waals surface area contributed by atoms with Gasteiger partial charge >= 0.3 is 5.69 Å². The summed E-state index contributed by atoms with van der Waals surface area (Å²) in [6.45, 7) is 2.30. The molecule has 0 aliphatic heterocycles. The number of amides is 1. The maximum atomic E-state index is 11.9. The normalized spacial score (nSPS) is 9.73. The van der Waals surface area contributed by atoms with Crippen molar-refractivity contribution in [2.45, 2.75) is 0 Å². The summed E-state index contributed by atoms with van der Waals surface area (Å²) in [7, 11) is 2.95. The van der Waals surface area contributed by atoms with Crippen LogP contribution >= 0.6 is 12.4 Å². The van der Waals surface area contributed by atoms with Crippen molar-refractivity contribution in [3.05, 3.63) is 33.9 Å². The zero-order valence-corrected chi connectivity index (χ0v) is 13.3. The van der Waals surface area contributed by atoms with E-state index in [9.17, 15) is 14.9 Å². The van der Waals surface area contributed by atoms with Crippen molar-refractivity contribution in [2.24, 2.45) is 0 Å². The molecule has 124 valence electrons. The Morgan fingerprint density at radius 1 is 1.27 bits per heavy atom. The van der Waals surface area contributed by atoms with Gasteiger partial charge in [-0.3, -0.25) is 14.9 Å². The second kappa shape index (κ2) is 10.8. The van der Waals surface area contributed by atoms with Crippen LogP contribution in [0.15, 0.2) is 18.2 Å². The van der Waals surface area contributed by atoms with Gasteiger partial charge in [-0.15, -0.1) is 12.4 Å². The van der Waals surface area contributed by atoms with E-state index >= 15 is 0 Å². The second-order valence-electron chi connectivity index (χ2n) is 4.14. The molecule has 8 nitrogen and oxygen atoms in total. The highest BCUT2D eigenvalue weighted by atomic mass is 35.5. The van der Waals surface area contributed by atoms with Crippen LogP contribution in [-0.2, 0) is 4.74 Å². The van der Waals surface area contributed by atoms with Crippen LogP contribution in [0.4, 0.5) is 5.69 Å². The summed E-state index contributed by atoms with van der Waals surface area (Å²) in [5.41, 5.74) is -0.0113. The monoisotopic (exact) mass is 333 g/mol. The summed E-state index contributed by atoms with van der Waals surface area (Å²) >= 11 is 0. The summed E-state index contributed by atoms with van der Waals surface area (Å²) in [4.78, 5) is 22.2. The Morgan fingerprint density at radius 3 is 2.59 bits per heavy atom. The minimum absolute atomic E-state index is 0. The van der Waals surface area contributed by atoms with Gasteiger partial charge in [-0.1, -0.05) is 0 Å². The van der Waals surface area contributed by atoms with Crippen LogP contribution in [0.2, 0.25) is 0 Å². The van der Waals surface area contributed by atoms with Crippen molar-refractivity contribution in [2.75, 3.05) is 40.5 Å². The maximum Gasteiger partial charge on any atom is 0.311 e. The molecule has 0 radical (unpaired) electrons. The summed E-state index contributed by atoms with van der Waals surface area (Å²) < 4.78 is 9.75. The number of nitrogens with zero attached hydrogens (tertiary/aromatic N) is 1. The molecule has 2 N–H and O–H groups in total. The van der Waals surface area contributed by atoms with Gasteiger partial charge in [0.25, 0.3) is 5.91 Å². The van der Waals surface area contributed by atoms with Gasteiger partial charge in [0.2, 0.25) is 0 Å². The average Bonchev–Trinajstić information content (AvgIpc) is 2.49. The highest BCUT2D eigenvalue weighted by Crippen LogP contribution is 2.27. The van der Waals surface area contributed by atoms with E-state index < -0.39 is 4.92 Å². The molecule has 0 saturated carbocycles. The summed E-state index contributed by atoms with van der Waals surface area (Å²) in [5.74, 6) is -0.243. The Kier molecular flexibility index (Phi) is 9.84. The number of hydrogen-bond donors (Lipinski definition) is 2. The number of methoxy groups -OCH3 is 2. The first-order valence-corrected chi connectivity index (χ1v) is 6.40. The number of nitro benzene ring substituents is 1. The molecule has 1 amide bonds. The number of ether oxygens (including phenoxy) is 2. The van der Waals surface area contributed by atoms with E-state index in [1.807, 2.05) is 0 Å². The summed E-state index contributed by atoms with van der Waals surface area (Å²) in [6, 6.07) is 4.09. The van der Waals surface area contributed by atoms with E-state index in [1.54, 1.807) is 7.11 Å². The molecule has 1 aromatic carbocycles. The highest BCUT2D eigenvalue weighted by molar-refractivity contribution is 5.95. The van der Waals surface area contributed by atoms with Gasteiger partial charge in [-0.2, -0.15) is 0 Å². The fraction of sp³-hybridized carbons (Fsp3) is 0.462. The summed E-state index contributed by atoms with van der Waals surface area (Å²) in [6.07, 6.45) is 0. The number of carbonyl (C=O) groups is 1. The number of halogens is 1. The number of nitrogens with one attached hydrogen (secondary N) is 2. The van der Waals surface area contributed by atoms with Gasteiger partial charge < -0.3 is 20.1 Å². The highest BCUT2D eigenvalue weighted by Gasteiger charge is 2.17. The zero-order chi connectivity index (χ0) is 15.7. The smallest absolute Gasteiger partial charge is 0.311 e. The van der Waals surface area contributed by atoms with E-state index in [4.69, 9.17) is 9.47 Å². The molecule has 0 aliphatic carbocycles. The number of rotatable bonds is 9. The van der Waals surface area contributed by atoms with Crippen molar-refractivity contribution in [3.63, 3.8) is 0 Å². The fourth-order valence-corrected chi connectivity index (χ4v) is 1.64. The number of nitro groups is 1. The van der Waals surface area contributed by atoms with Crippen LogP contribution in [0, 0.1) is 10.1 Å². The molecule has 0 aliphatic rings. The topological polar surface area (TPSA) is 103 Å². The molecule has 0 aromatic heterocycles.